The van der Waals surface area contributed by atoms with Crippen molar-refractivity contribution in [1.29, 1.82) is 0 Å². The molecular weight excluding hydrogens is 509 g/mol. The number of hydrogen-bond acceptors (Lipinski definition) is 5. The molecule has 0 aliphatic carbocycles. The quantitative estimate of drug-likeness (QED) is 0.449. The van der Waals surface area contributed by atoms with Crippen molar-refractivity contribution < 1.29 is 9.18 Å². The minimum atomic E-state index is -0.304. The van der Waals surface area contributed by atoms with Crippen molar-refractivity contribution in [3.8, 4) is 0 Å². The van der Waals surface area contributed by atoms with Gasteiger partial charge < -0.3 is 15.1 Å². The molecule has 5 rings (SSSR count). The first-order chi connectivity index (χ1) is 17.0. The summed E-state index contributed by atoms with van der Waals surface area (Å²) in [4.78, 5) is 27.1. The van der Waals surface area contributed by atoms with Gasteiger partial charge in [-0.05, 0) is 88.0 Å². The van der Waals surface area contributed by atoms with Gasteiger partial charge in [-0.2, -0.15) is 0 Å². The number of carbonyl (C=O) groups excluding carboxylic acids is 1. The minimum Gasteiger partial charge on any atom is -0.341 e. The highest BCUT2D eigenvalue weighted by Crippen LogP contribution is 2.27. The smallest absolute Gasteiger partial charge is 0.226 e. The molecule has 0 unspecified atom stereocenters. The maximum absolute atomic E-state index is 14.0. The SMILES string of the molecule is Cc1nc(N2CCC(N3CCCC3)CC2)nc2ccc(NC(=O)CCc3ccc(Br)cc3F)cc12. The first kappa shape index (κ1) is 24.1. The van der Waals surface area contributed by atoms with Crippen molar-refractivity contribution in [2.24, 2.45) is 0 Å². The van der Waals surface area contributed by atoms with E-state index in [9.17, 15) is 9.18 Å². The van der Waals surface area contributed by atoms with Crippen molar-refractivity contribution in [1.82, 2.24) is 14.9 Å². The number of aromatic nitrogens is 2. The predicted molar refractivity (Wildman–Crippen MR) is 141 cm³/mol. The third-order valence-electron chi connectivity index (χ3n) is 7.20. The topological polar surface area (TPSA) is 61.4 Å². The third-order valence-corrected chi connectivity index (χ3v) is 7.69. The van der Waals surface area contributed by atoms with E-state index < -0.39 is 0 Å². The van der Waals surface area contributed by atoms with Crippen LogP contribution in [0.4, 0.5) is 16.0 Å². The number of hydrogen-bond donors (Lipinski definition) is 1. The number of likely N-dealkylation sites (tertiary alicyclic amines) is 1. The van der Waals surface area contributed by atoms with Gasteiger partial charge in [0.25, 0.3) is 0 Å². The van der Waals surface area contributed by atoms with Crippen molar-refractivity contribution >= 4 is 44.4 Å². The summed E-state index contributed by atoms with van der Waals surface area (Å²) < 4.78 is 14.7. The van der Waals surface area contributed by atoms with Gasteiger partial charge in [0.2, 0.25) is 11.9 Å². The second kappa shape index (κ2) is 10.6. The maximum atomic E-state index is 14.0. The molecule has 2 saturated heterocycles. The van der Waals surface area contributed by atoms with Gasteiger partial charge >= 0.3 is 0 Å². The number of fused-ring (bicyclic) bond motifs is 1. The average Bonchev–Trinajstić information content (AvgIpc) is 3.39. The van der Waals surface area contributed by atoms with E-state index in [-0.39, 0.29) is 18.1 Å². The van der Waals surface area contributed by atoms with E-state index in [1.165, 1.54) is 32.0 Å². The van der Waals surface area contributed by atoms with E-state index in [1.54, 1.807) is 12.1 Å². The van der Waals surface area contributed by atoms with Crippen LogP contribution in [0.1, 0.15) is 43.4 Å². The Hall–Kier alpha value is -2.58. The van der Waals surface area contributed by atoms with Gasteiger partial charge in [-0.25, -0.2) is 14.4 Å². The van der Waals surface area contributed by atoms with Gasteiger partial charge in [-0.1, -0.05) is 22.0 Å². The summed E-state index contributed by atoms with van der Waals surface area (Å²) in [5.74, 6) is 0.340. The highest BCUT2D eigenvalue weighted by Gasteiger charge is 2.27. The number of piperidine rings is 1. The molecule has 184 valence electrons. The van der Waals surface area contributed by atoms with Gasteiger partial charge in [-0.15, -0.1) is 0 Å². The monoisotopic (exact) mass is 539 g/mol. The van der Waals surface area contributed by atoms with Gasteiger partial charge in [0.1, 0.15) is 5.82 Å². The van der Waals surface area contributed by atoms with Gasteiger partial charge in [-0.3, -0.25) is 4.79 Å². The standard InChI is InChI=1S/C27H31BrFN5O/c1-18-23-17-21(31-26(35)9-5-19-4-6-20(28)16-24(19)29)7-8-25(23)32-27(30-18)34-14-10-22(11-15-34)33-12-2-3-13-33/h4,6-8,16-17,22H,2-3,5,9-15H2,1H3,(H,31,35). The molecule has 1 N–H and O–H groups in total. The van der Waals surface area contributed by atoms with Crippen LogP contribution < -0.4 is 10.2 Å². The molecule has 2 fully saturated rings. The molecule has 6 nitrogen and oxygen atoms in total. The Bertz CT molecular complexity index is 1220. The zero-order valence-corrected chi connectivity index (χ0v) is 21.7. The molecular formula is C27H31BrFN5O. The molecule has 8 heteroatoms. The van der Waals surface area contributed by atoms with Crippen molar-refractivity contribution in [2.75, 3.05) is 36.4 Å². The number of anilines is 2. The summed E-state index contributed by atoms with van der Waals surface area (Å²) in [5.41, 5.74) is 3.01. The molecule has 2 aromatic carbocycles. The van der Waals surface area contributed by atoms with Gasteiger partial charge in [0, 0.05) is 41.1 Å². The number of nitrogens with zero attached hydrogens (tertiary/aromatic N) is 4. The third kappa shape index (κ3) is 5.64. The van der Waals surface area contributed by atoms with Gasteiger partial charge in [0.15, 0.2) is 0 Å². The minimum absolute atomic E-state index is 0.150. The highest BCUT2D eigenvalue weighted by atomic mass is 79.9. The van der Waals surface area contributed by atoms with E-state index in [0.29, 0.717) is 28.2 Å². The molecule has 0 radical (unpaired) electrons. The fourth-order valence-corrected chi connectivity index (χ4v) is 5.55. The maximum Gasteiger partial charge on any atom is 0.226 e. The molecule has 0 spiro atoms. The summed E-state index contributed by atoms with van der Waals surface area (Å²) >= 11 is 3.25. The predicted octanol–water partition coefficient (Wildman–Crippen LogP) is 5.48. The Morgan fingerprint density at radius 1 is 1.09 bits per heavy atom. The zero-order chi connectivity index (χ0) is 24.4. The van der Waals surface area contributed by atoms with Crippen LogP contribution in [0.25, 0.3) is 10.9 Å². The lowest BCUT2D eigenvalue weighted by atomic mass is 10.0. The molecule has 2 aliphatic heterocycles. The fraction of sp³-hybridized carbons (Fsp3) is 0.444. The lowest BCUT2D eigenvalue weighted by Crippen LogP contribution is -2.44. The lowest BCUT2D eigenvalue weighted by molar-refractivity contribution is -0.116. The van der Waals surface area contributed by atoms with Crippen molar-refractivity contribution in [3.05, 3.63) is 57.9 Å². The second-order valence-electron chi connectivity index (χ2n) is 9.59. The summed E-state index contributed by atoms with van der Waals surface area (Å²) in [6.45, 7) is 6.46. The Labute approximate surface area is 214 Å². The number of halogens is 2. The van der Waals surface area contributed by atoms with Crippen LogP contribution in [0, 0.1) is 12.7 Å². The zero-order valence-electron chi connectivity index (χ0n) is 20.1. The van der Waals surface area contributed by atoms with Crippen LogP contribution in [-0.2, 0) is 11.2 Å². The number of amides is 1. The number of aryl methyl sites for hydroxylation is 2. The number of benzene rings is 2. The number of rotatable bonds is 6. The van der Waals surface area contributed by atoms with Crippen LogP contribution in [0.15, 0.2) is 40.9 Å². The normalized spacial score (nSPS) is 17.3. The van der Waals surface area contributed by atoms with E-state index in [2.05, 4.69) is 31.0 Å². The van der Waals surface area contributed by atoms with Crippen molar-refractivity contribution in [2.45, 2.75) is 51.5 Å². The van der Waals surface area contributed by atoms with E-state index in [1.807, 2.05) is 25.1 Å². The number of carbonyl (C=O) groups is 1. The Morgan fingerprint density at radius 3 is 2.60 bits per heavy atom. The first-order valence-corrected chi connectivity index (χ1v) is 13.3. The molecule has 0 saturated carbocycles. The molecule has 2 aliphatic rings. The largest absolute Gasteiger partial charge is 0.341 e. The molecule has 1 aromatic heterocycles. The average molecular weight is 540 g/mol. The molecule has 3 heterocycles. The van der Waals surface area contributed by atoms with E-state index >= 15 is 0 Å². The van der Waals surface area contributed by atoms with Crippen LogP contribution in [-0.4, -0.2) is 53.0 Å². The molecule has 1 amide bonds. The Morgan fingerprint density at radius 2 is 1.86 bits per heavy atom. The highest BCUT2D eigenvalue weighted by molar-refractivity contribution is 9.10. The van der Waals surface area contributed by atoms with Gasteiger partial charge in [0.05, 0.1) is 11.2 Å². The lowest BCUT2D eigenvalue weighted by Gasteiger charge is -2.36. The summed E-state index contributed by atoms with van der Waals surface area (Å²) in [5, 5.41) is 3.86. The number of nitrogens with one attached hydrogen (secondary N) is 1. The van der Waals surface area contributed by atoms with Crippen LogP contribution in [0.5, 0.6) is 0 Å². The van der Waals surface area contributed by atoms with Crippen LogP contribution in [0.3, 0.4) is 0 Å². The Balaban J connectivity index is 1.22. The molecule has 0 bridgehead atoms. The summed E-state index contributed by atoms with van der Waals surface area (Å²) in [6.07, 6.45) is 5.54. The Kier molecular flexibility index (Phi) is 7.29. The fourth-order valence-electron chi connectivity index (χ4n) is 5.22. The van der Waals surface area contributed by atoms with Crippen LogP contribution >= 0.6 is 15.9 Å². The summed E-state index contributed by atoms with van der Waals surface area (Å²) in [6, 6.07) is 11.3. The van der Waals surface area contributed by atoms with Crippen molar-refractivity contribution in [3.63, 3.8) is 0 Å². The first-order valence-electron chi connectivity index (χ1n) is 12.5. The van der Waals surface area contributed by atoms with E-state index in [4.69, 9.17) is 9.97 Å². The van der Waals surface area contributed by atoms with E-state index in [0.717, 1.165) is 48.5 Å². The second-order valence-corrected chi connectivity index (χ2v) is 10.5. The summed E-state index contributed by atoms with van der Waals surface area (Å²) in [7, 11) is 0. The van der Waals surface area contributed by atoms with Crippen LogP contribution in [0.2, 0.25) is 0 Å². The molecule has 35 heavy (non-hydrogen) atoms. The molecule has 3 aromatic rings. The molecule has 0 atom stereocenters.